The summed E-state index contributed by atoms with van der Waals surface area (Å²) in [7, 11) is -3.94. The molecule has 1 aliphatic heterocycles. The fourth-order valence-electron chi connectivity index (χ4n) is 2.95. The Bertz CT molecular complexity index is 1250. The molecule has 162 valence electrons. The van der Waals surface area contributed by atoms with Crippen LogP contribution in [0, 0.1) is 5.82 Å². The fourth-order valence-corrected chi connectivity index (χ4v) is 5.33. The van der Waals surface area contributed by atoms with Crippen LogP contribution in [0.1, 0.15) is 31.2 Å². The maximum absolute atomic E-state index is 14.5. The molecule has 7 nitrogen and oxygen atoms in total. The quantitative estimate of drug-likeness (QED) is 0.488. The summed E-state index contributed by atoms with van der Waals surface area (Å²) in [6.07, 6.45) is 4.65. The van der Waals surface area contributed by atoms with E-state index in [1.165, 1.54) is 29.7 Å². The van der Waals surface area contributed by atoms with Gasteiger partial charge in [-0.25, -0.2) is 27.8 Å². The van der Waals surface area contributed by atoms with Gasteiger partial charge in [0.15, 0.2) is 0 Å². The first-order chi connectivity index (χ1) is 14.7. The van der Waals surface area contributed by atoms with Crippen molar-refractivity contribution in [1.29, 1.82) is 0 Å². The molecule has 0 saturated carbocycles. The number of nitrogens with zero attached hydrogens (tertiary/aromatic N) is 3. The molecule has 3 heterocycles. The molecular weight excluding hydrogens is 463 g/mol. The first-order valence-corrected chi connectivity index (χ1v) is 12.1. The highest BCUT2D eigenvalue weighted by molar-refractivity contribution is 7.93. The van der Waals surface area contributed by atoms with Crippen molar-refractivity contribution in [1.82, 2.24) is 15.0 Å². The molecular formula is C20H18ClFN4O3S2. The van der Waals surface area contributed by atoms with E-state index in [0.717, 1.165) is 9.88 Å². The zero-order valence-electron chi connectivity index (χ0n) is 16.5. The minimum absolute atomic E-state index is 0.0978. The number of benzene rings is 1. The second-order valence-electron chi connectivity index (χ2n) is 7.11. The molecule has 0 bridgehead atoms. The Balaban J connectivity index is 1.77. The topological polar surface area (TPSA) is 94.1 Å². The van der Waals surface area contributed by atoms with Crippen LogP contribution in [0.3, 0.4) is 0 Å². The zero-order chi connectivity index (χ0) is 22.2. The summed E-state index contributed by atoms with van der Waals surface area (Å²) in [5, 5.41) is 0.956. The van der Waals surface area contributed by atoms with Gasteiger partial charge in [-0.1, -0.05) is 13.8 Å². The maximum atomic E-state index is 14.5. The molecule has 0 radical (unpaired) electrons. The Morgan fingerprint density at radius 3 is 2.77 bits per heavy atom. The number of rotatable bonds is 6. The van der Waals surface area contributed by atoms with Crippen LogP contribution in [-0.4, -0.2) is 28.8 Å². The lowest BCUT2D eigenvalue weighted by Gasteiger charge is -2.15. The van der Waals surface area contributed by atoms with E-state index in [9.17, 15) is 12.8 Å². The van der Waals surface area contributed by atoms with Gasteiger partial charge in [-0.15, -0.1) is 11.3 Å². The molecule has 1 atom stereocenters. The molecule has 0 fully saturated rings. The van der Waals surface area contributed by atoms with E-state index in [-0.39, 0.29) is 23.3 Å². The fraction of sp³-hybridized carbons (Fsp3) is 0.250. The minimum atomic E-state index is -3.94. The van der Waals surface area contributed by atoms with Crippen LogP contribution < -0.4 is 4.72 Å². The Kier molecular flexibility index (Phi) is 5.96. The van der Waals surface area contributed by atoms with E-state index in [1.54, 1.807) is 24.4 Å². The molecule has 0 spiro atoms. The van der Waals surface area contributed by atoms with Gasteiger partial charge in [-0.05, 0) is 41.9 Å². The second-order valence-corrected chi connectivity index (χ2v) is 10.3. The Morgan fingerprint density at radius 1 is 1.29 bits per heavy atom. The van der Waals surface area contributed by atoms with E-state index in [0.29, 0.717) is 17.0 Å². The van der Waals surface area contributed by atoms with Crippen molar-refractivity contribution in [2.24, 2.45) is 0 Å². The third-order valence-electron chi connectivity index (χ3n) is 4.49. The van der Waals surface area contributed by atoms with Gasteiger partial charge < -0.3 is 4.74 Å². The van der Waals surface area contributed by atoms with Crippen LogP contribution in [0.4, 0.5) is 10.1 Å². The number of halogens is 2. The first kappa shape index (κ1) is 21.7. The van der Waals surface area contributed by atoms with E-state index in [4.69, 9.17) is 21.3 Å². The lowest BCUT2D eigenvalue weighted by atomic mass is 10.1. The third-order valence-corrected chi connectivity index (χ3v) is 7.55. The van der Waals surface area contributed by atoms with Crippen LogP contribution in [0.5, 0.6) is 0 Å². The second kappa shape index (κ2) is 8.52. The smallest absolute Gasteiger partial charge is 0.271 e. The SMILES string of the molecule is CC(C)c1nc(-c2ccc(F)c(NS(=O)(=O)C3CC=CO3)c2)c(-c2ccnc(Cl)n2)s1. The van der Waals surface area contributed by atoms with Crippen molar-refractivity contribution in [2.75, 3.05) is 4.72 Å². The van der Waals surface area contributed by atoms with Crippen molar-refractivity contribution in [3.8, 4) is 21.8 Å². The number of sulfonamides is 1. The van der Waals surface area contributed by atoms with E-state index in [1.807, 2.05) is 13.8 Å². The monoisotopic (exact) mass is 480 g/mol. The lowest BCUT2D eigenvalue weighted by Crippen LogP contribution is -2.27. The lowest BCUT2D eigenvalue weighted by molar-refractivity contribution is 0.238. The van der Waals surface area contributed by atoms with Crippen LogP contribution in [-0.2, 0) is 14.8 Å². The highest BCUT2D eigenvalue weighted by atomic mass is 35.5. The molecule has 1 aliphatic rings. The number of hydrogen-bond acceptors (Lipinski definition) is 7. The van der Waals surface area contributed by atoms with Gasteiger partial charge in [0.05, 0.1) is 33.2 Å². The van der Waals surface area contributed by atoms with Crippen molar-refractivity contribution in [3.05, 3.63) is 58.9 Å². The molecule has 4 rings (SSSR count). The molecule has 2 aromatic heterocycles. The average Bonchev–Trinajstić information content (AvgIpc) is 3.40. The highest BCUT2D eigenvalue weighted by Crippen LogP contribution is 2.39. The largest absolute Gasteiger partial charge is 0.480 e. The van der Waals surface area contributed by atoms with Gasteiger partial charge in [0.1, 0.15) is 5.82 Å². The van der Waals surface area contributed by atoms with E-state index >= 15 is 0 Å². The summed E-state index contributed by atoms with van der Waals surface area (Å²) in [6, 6.07) is 5.88. The van der Waals surface area contributed by atoms with E-state index < -0.39 is 21.3 Å². The van der Waals surface area contributed by atoms with Gasteiger partial charge in [0, 0.05) is 24.1 Å². The first-order valence-electron chi connectivity index (χ1n) is 9.36. The van der Waals surface area contributed by atoms with Crippen molar-refractivity contribution >= 4 is 38.6 Å². The summed E-state index contributed by atoms with van der Waals surface area (Å²) in [6.45, 7) is 4.03. The number of thiazole rings is 1. The van der Waals surface area contributed by atoms with Crippen LogP contribution in [0.25, 0.3) is 21.8 Å². The number of ether oxygens (including phenoxy) is 1. The third kappa shape index (κ3) is 4.56. The zero-order valence-corrected chi connectivity index (χ0v) is 18.9. The summed E-state index contributed by atoms with van der Waals surface area (Å²) in [4.78, 5) is 13.6. The Hall–Kier alpha value is -2.56. The Morgan fingerprint density at radius 2 is 2.10 bits per heavy atom. The molecule has 1 unspecified atom stereocenters. The number of nitrogens with one attached hydrogen (secondary N) is 1. The van der Waals surface area contributed by atoms with Gasteiger partial charge in [-0.2, -0.15) is 0 Å². The minimum Gasteiger partial charge on any atom is -0.480 e. The summed E-state index contributed by atoms with van der Waals surface area (Å²) in [5.41, 5.74) is 0.399. The highest BCUT2D eigenvalue weighted by Gasteiger charge is 2.29. The number of anilines is 1. The Labute approximate surface area is 188 Å². The number of aromatic nitrogens is 3. The predicted molar refractivity (Wildman–Crippen MR) is 119 cm³/mol. The van der Waals surface area contributed by atoms with Gasteiger partial charge in [0.25, 0.3) is 10.0 Å². The molecule has 0 aliphatic carbocycles. The average molecular weight is 481 g/mol. The molecule has 11 heteroatoms. The predicted octanol–water partition coefficient (Wildman–Crippen LogP) is 5.18. The normalized spacial score (nSPS) is 16.0. The molecule has 1 N–H and O–H groups in total. The standard InChI is InChI=1S/C20H18ClFN4O3S2/c1-11(2)19-25-17(18(30-19)14-7-8-23-20(21)24-14)12-5-6-13(22)15(10-12)26-31(27,28)16-4-3-9-29-16/h3,5-11,16,26H,4H2,1-2H3. The molecule has 0 amide bonds. The van der Waals surface area contributed by atoms with Crippen molar-refractivity contribution < 1.29 is 17.5 Å². The maximum Gasteiger partial charge on any atom is 0.271 e. The summed E-state index contributed by atoms with van der Waals surface area (Å²) < 4.78 is 46.9. The summed E-state index contributed by atoms with van der Waals surface area (Å²) >= 11 is 7.41. The molecule has 0 saturated heterocycles. The molecule has 3 aromatic rings. The molecule has 1 aromatic carbocycles. The van der Waals surface area contributed by atoms with Crippen molar-refractivity contribution in [3.63, 3.8) is 0 Å². The van der Waals surface area contributed by atoms with Crippen LogP contribution in [0.2, 0.25) is 5.28 Å². The van der Waals surface area contributed by atoms with Crippen molar-refractivity contribution in [2.45, 2.75) is 31.6 Å². The number of hydrogen-bond donors (Lipinski definition) is 1. The summed E-state index contributed by atoms with van der Waals surface area (Å²) in [5.74, 6) is -0.551. The molecule has 31 heavy (non-hydrogen) atoms. The van der Waals surface area contributed by atoms with Gasteiger partial charge in [0.2, 0.25) is 10.7 Å². The van der Waals surface area contributed by atoms with Crippen LogP contribution >= 0.6 is 22.9 Å². The van der Waals surface area contributed by atoms with Gasteiger partial charge in [-0.3, -0.25) is 4.72 Å². The van der Waals surface area contributed by atoms with E-state index in [2.05, 4.69) is 14.7 Å². The van der Waals surface area contributed by atoms with Crippen LogP contribution in [0.15, 0.2) is 42.8 Å². The van der Waals surface area contributed by atoms with Gasteiger partial charge >= 0.3 is 0 Å².